The van der Waals surface area contributed by atoms with Crippen molar-refractivity contribution < 1.29 is 9.53 Å². The highest BCUT2D eigenvalue weighted by Crippen LogP contribution is 2.26. The number of benzene rings is 1. The van der Waals surface area contributed by atoms with Crippen molar-refractivity contribution >= 4 is 17.2 Å². The fourth-order valence-corrected chi connectivity index (χ4v) is 4.28. The fourth-order valence-electron chi connectivity index (χ4n) is 3.12. The Balaban J connectivity index is 1.33. The van der Waals surface area contributed by atoms with Crippen molar-refractivity contribution in [3.63, 3.8) is 0 Å². The number of nitrogens with one attached hydrogen (secondary N) is 1. The minimum Gasteiger partial charge on any atom is -0.493 e. The van der Waals surface area contributed by atoms with Gasteiger partial charge < -0.3 is 10.1 Å². The molecule has 0 spiro atoms. The van der Waals surface area contributed by atoms with E-state index in [0.717, 1.165) is 23.6 Å². The number of rotatable bonds is 8. The van der Waals surface area contributed by atoms with Gasteiger partial charge in [0.25, 0.3) is 0 Å². The molecular weight excluding hydrogens is 344 g/mol. The Kier molecular flexibility index (Phi) is 6.67. The van der Waals surface area contributed by atoms with Gasteiger partial charge in [-0.1, -0.05) is 26.0 Å². The largest absolute Gasteiger partial charge is 0.493 e. The minimum atomic E-state index is 0.0325. The molecule has 0 saturated carbocycles. The van der Waals surface area contributed by atoms with E-state index < -0.39 is 0 Å². The molecule has 0 aliphatic heterocycles. The summed E-state index contributed by atoms with van der Waals surface area (Å²) >= 11 is 1.82. The molecule has 1 amide bonds. The Morgan fingerprint density at radius 1 is 1.23 bits per heavy atom. The fraction of sp³-hybridized carbons (Fsp3) is 0.524. The predicted molar refractivity (Wildman–Crippen MR) is 106 cm³/mol. The van der Waals surface area contributed by atoms with Gasteiger partial charge in [-0.25, -0.2) is 4.98 Å². The zero-order chi connectivity index (χ0) is 18.4. The number of aromatic nitrogens is 1. The quantitative estimate of drug-likeness (QED) is 0.753. The van der Waals surface area contributed by atoms with Gasteiger partial charge in [0.05, 0.1) is 23.7 Å². The summed E-state index contributed by atoms with van der Waals surface area (Å²) in [5, 5.41) is 4.12. The van der Waals surface area contributed by atoms with E-state index in [9.17, 15) is 4.79 Å². The van der Waals surface area contributed by atoms with E-state index in [1.807, 2.05) is 23.5 Å². The van der Waals surface area contributed by atoms with Gasteiger partial charge in [0.2, 0.25) is 5.91 Å². The lowest BCUT2D eigenvalue weighted by Gasteiger charge is -2.09. The van der Waals surface area contributed by atoms with E-state index in [1.54, 1.807) is 0 Å². The number of carbonyl (C=O) groups is 1. The molecule has 140 valence electrons. The monoisotopic (exact) mass is 372 g/mol. The van der Waals surface area contributed by atoms with Gasteiger partial charge in [-0.15, -0.1) is 11.3 Å². The third kappa shape index (κ3) is 5.31. The number of nitrogens with zero attached hydrogens (tertiary/aromatic N) is 1. The lowest BCUT2D eigenvalue weighted by Crippen LogP contribution is -2.27. The van der Waals surface area contributed by atoms with Gasteiger partial charge >= 0.3 is 0 Å². The number of thiazole rings is 1. The minimum absolute atomic E-state index is 0.0325. The highest BCUT2D eigenvalue weighted by molar-refractivity contribution is 7.11. The van der Waals surface area contributed by atoms with Gasteiger partial charge in [0.15, 0.2) is 0 Å². The van der Waals surface area contributed by atoms with Gasteiger partial charge in [-0.2, -0.15) is 0 Å². The Hall–Kier alpha value is -1.88. The van der Waals surface area contributed by atoms with Gasteiger partial charge in [-0.05, 0) is 49.3 Å². The van der Waals surface area contributed by atoms with Crippen molar-refractivity contribution in [3.8, 4) is 5.75 Å². The molecule has 5 heteroatoms. The summed E-state index contributed by atoms with van der Waals surface area (Å²) in [5.74, 6) is 1.36. The van der Waals surface area contributed by atoms with Crippen molar-refractivity contribution in [2.45, 2.75) is 58.3 Å². The van der Waals surface area contributed by atoms with Crippen LogP contribution in [0, 0.1) is 0 Å². The molecule has 0 atom stereocenters. The number of ether oxygens (including phenoxy) is 1. The lowest BCUT2D eigenvalue weighted by atomic mass is 10.0. The maximum Gasteiger partial charge on any atom is 0.223 e. The zero-order valence-corrected chi connectivity index (χ0v) is 16.5. The topological polar surface area (TPSA) is 51.2 Å². The maximum atomic E-state index is 12.0. The van der Waals surface area contributed by atoms with Crippen LogP contribution in [0.4, 0.5) is 0 Å². The Morgan fingerprint density at radius 2 is 2.00 bits per heavy atom. The molecule has 3 rings (SSSR count). The maximum absolute atomic E-state index is 12.0. The smallest absolute Gasteiger partial charge is 0.223 e. The molecular formula is C21H28N2O2S. The molecule has 1 aromatic carbocycles. The van der Waals surface area contributed by atoms with Crippen LogP contribution in [0.2, 0.25) is 0 Å². The first-order valence-electron chi connectivity index (χ1n) is 9.58. The second-order valence-electron chi connectivity index (χ2n) is 7.11. The number of carbonyl (C=O) groups excluding carboxylic acids is 1. The Morgan fingerprint density at radius 3 is 2.73 bits per heavy atom. The molecule has 1 heterocycles. The van der Waals surface area contributed by atoms with Crippen molar-refractivity contribution in [2.24, 2.45) is 0 Å². The molecule has 4 nitrogen and oxygen atoms in total. The number of hydrogen-bond donors (Lipinski definition) is 1. The lowest BCUT2D eigenvalue weighted by molar-refractivity contribution is -0.121. The molecule has 0 unspecified atom stereocenters. The average Bonchev–Trinajstić information content (AvgIpc) is 3.05. The van der Waals surface area contributed by atoms with Crippen LogP contribution in [0.3, 0.4) is 0 Å². The summed E-state index contributed by atoms with van der Waals surface area (Å²) in [6, 6.07) is 8.09. The number of fused-ring (bicyclic) bond motifs is 1. The first-order chi connectivity index (χ1) is 12.6. The van der Waals surface area contributed by atoms with Crippen LogP contribution in [-0.2, 0) is 24.1 Å². The van der Waals surface area contributed by atoms with Crippen LogP contribution in [0.5, 0.6) is 5.75 Å². The van der Waals surface area contributed by atoms with Crippen LogP contribution < -0.4 is 10.1 Å². The van der Waals surface area contributed by atoms with Crippen LogP contribution >= 0.6 is 11.3 Å². The van der Waals surface area contributed by atoms with Crippen LogP contribution in [-0.4, -0.2) is 24.0 Å². The summed E-state index contributed by atoms with van der Waals surface area (Å²) in [6.07, 6.45) is 6.03. The van der Waals surface area contributed by atoms with E-state index in [2.05, 4.69) is 31.3 Å². The van der Waals surface area contributed by atoms with Crippen molar-refractivity contribution in [1.29, 1.82) is 0 Å². The van der Waals surface area contributed by atoms with E-state index >= 15 is 0 Å². The first-order valence-corrected chi connectivity index (χ1v) is 10.4. The third-order valence-electron chi connectivity index (χ3n) is 4.70. The molecule has 1 aliphatic rings. The Labute approximate surface area is 160 Å². The zero-order valence-electron chi connectivity index (χ0n) is 15.7. The molecule has 1 aromatic heterocycles. The summed E-state index contributed by atoms with van der Waals surface area (Å²) in [5.41, 5.74) is 2.58. The predicted octanol–water partition coefficient (Wildman–Crippen LogP) is 4.27. The second-order valence-corrected chi connectivity index (χ2v) is 8.27. The Bertz CT molecular complexity index is 699. The molecule has 0 radical (unpaired) electrons. The SMILES string of the molecule is CC(C)c1ccc(OCCC(=O)NCCc2nc3c(s2)CCCC3)cc1. The van der Waals surface area contributed by atoms with Crippen LogP contribution in [0.25, 0.3) is 0 Å². The van der Waals surface area contributed by atoms with Crippen LogP contribution in [0.15, 0.2) is 24.3 Å². The second kappa shape index (κ2) is 9.17. The van der Waals surface area contributed by atoms with Gasteiger partial charge in [-0.3, -0.25) is 4.79 Å². The van der Waals surface area contributed by atoms with E-state index in [4.69, 9.17) is 9.72 Å². The first kappa shape index (κ1) is 18.9. The standard InChI is InChI=1S/C21H28N2O2S/c1-15(2)16-7-9-17(10-8-16)25-14-12-20(24)22-13-11-21-23-18-5-3-4-6-19(18)26-21/h7-10,15H,3-6,11-14H2,1-2H3,(H,22,24). The average molecular weight is 373 g/mol. The van der Waals surface area contributed by atoms with E-state index in [-0.39, 0.29) is 5.91 Å². The van der Waals surface area contributed by atoms with Gasteiger partial charge in [0, 0.05) is 17.8 Å². The van der Waals surface area contributed by atoms with Crippen molar-refractivity contribution in [2.75, 3.05) is 13.2 Å². The molecule has 0 saturated heterocycles. The molecule has 2 aromatic rings. The summed E-state index contributed by atoms with van der Waals surface area (Å²) in [6.45, 7) is 5.38. The summed E-state index contributed by atoms with van der Waals surface area (Å²) in [4.78, 5) is 18.1. The normalized spacial score (nSPS) is 13.5. The molecule has 0 bridgehead atoms. The van der Waals surface area contributed by atoms with Crippen LogP contribution in [0.1, 0.15) is 60.2 Å². The van der Waals surface area contributed by atoms with E-state index in [0.29, 0.717) is 25.5 Å². The summed E-state index contributed by atoms with van der Waals surface area (Å²) in [7, 11) is 0. The summed E-state index contributed by atoms with van der Waals surface area (Å²) < 4.78 is 5.66. The highest BCUT2D eigenvalue weighted by Gasteiger charge is 2.14. The molecule has 1 aliphatic carbocycles. The number of hydrogen-bond acceptors (Lipinski definition) is 4. The third-order valence-corrected chi connectivity index (χ3v) is 5.91. The van der Waals surface area contributed by atoms with Crippen molar-refractivity contribution in [1.82, 2.24) is 10.3 Å². The molecule has 1 N–H and O–H groups in total. The van der Waals surface area contributed by atoms with Crippen molar-refractivity contribution in [3.05, 3.63) is 45.4 Å². The van der Waals surface area contributed by atoms with E-state index in [1.165, 1.54) is 35.4 Å². The highest BCUT2D eigenvalue weighted by atomic mass is 32.1. The molecule has 26 heavy (non-hydrogen) atoms. The molecule has 0 fully saturated rings. The number of aryl methyl sites for hydroxylation is 2. The number of amides is 1. The van der Waals surface area contributed by atoms with Gasteiger partial charge in [0.1, 0.15) is 5.75 Å².